The van der Waals surface area contributed by atoms with Gasteiger partial charge in [0, 0.05) is 29.6 Å². The number of anilines is 1. The highest BCUT2D eigenvalue weighted by Crippen LogP contribution is 2.37. The van der Waals surface area contributed by atoms with Crippen molar-refractivity contribution in [1.29, 1.82) is 0 Å². The molecule has 0 saturated carbocycles. The van der Waals surface area contributed by atoms with Gasteiger partial charge in [0.2, 0.25) is 5.88 Å². The quantitative estimate of drug-likeness (QED) is 0.782. The number of pyridine rings is 1. The minimum atomic E-state index is -0.725. The molecule has 1 aromatic carbocycles. The molecule has 2 heterocycles. The van der Waals surface area contributed by atoms with E-state index in [4.69, 9.17) is 10.3 Å². The van der Waals surface area contributed by atoms with E-state index in [2.05, 4.69) is 10.1 Å². The van der Waals surface area contributed by atoms with Crippen LogP contribution in [0.15, 0.2) is 41.2 Å². The maximum Gasteiger partial charge on any atom is 0.230 e. The van der Waals surface area contributed by atoms with Gasteiger partial charge in [-0.05, 0) is 24.6 Å². The molecule has 4 nitrogen and oxygen atoms in total. The molecule has 0 fully saturated rings. The fourth-order valence-corrected chi connectivity index (χ4v) is 2.11. The first-order chi connectivity index (χ1) is 10.1. The second-order valence-corrected chi connectivity index (χ2v) is 4.59. The Kier molecular flexibility index (Phi) is 3.13. The Labute approximate surface area is 119 Å². The van der Waals surface area contributed by atoms with Gasteiger partial charge in [-0.1, -0.05) is 11.2 Å². The van der Waals surface area contributed by atoms with Crippen LogP contribution in [0.4, 0.5) is 14.7 Å². The van der Waals surface area contributed by atoms with E-state index >= 15 is 0 Å². The molecule has 0 bridgehead atoms. The zero-order valence-electron chi connectivity index (χ0n) is 11.1. The molecule has 3 rings (SSSR count). The predicted molar refractivity (Wildman–Crippen MR) is 74.2 cm³/mol. The van der Waals surface area contributed by atoms with Crippen molar-refractivity contribution in [3.63, 3.8) is 0 Å². The number of aryl methyl sites for hydroxylation is 1. The molecule has 0 atom stereocenters. The second-order valence-electron chi connectivity index (χ2n) is 4.59. The zero-order valence-corrected chi connectivity index (χ0v) is 11.1. The lowest BCUT2D eigenvalue weighted by atomic mass is 10.0. The van der Waals surface area contributed by atoms with Gasteiger partial charge < -0.3 is 10.3 Å². The molecule has 0 aliphatic carbocycles. The molecule has 3 aromatic rings. The third-order valence-electron chi connectivity index (χ3n) is 3.17. The highest BCUT2D eigenvalue weighted by molar-refractivity contribution is 5.86. The first kappa shape index (κ1) is 13.2. The minimum Gasteiger partial charge on any atom is -0.367 e. The molecule has 0 aliphatic rings. The van der Waals surface area contributed by atoms with Crippen molar-refractivity contribution in [2.24, 2.45) is 0 Å². The minimum absolute atomic E-state index is 0.0550. The molecular weight excluding hydrogens is 276 g/mol. The summed E-state index contributed by atoms with van der Waals surface area (Å²) >= 11 is 0. The number of rotatable bonds is 2. The summed E-state index contributed by atoms with van der Waals surface area (Å²) in [4.78, 5) is 3.99. The summed E-state index contributed by atoms with van der Waals surface area (Å²) in [6, 6.07) is 5.68. The van der Waals surface area contributed by atoms with Crippen molar-refractivity contribution < 1.29 is 13.3 Å². The lowest BCUT2D eigenvalue weighted by molar-refractivity contribution is 0.439. The molecule has 0 saturated heterocycles. The molecule has 0 amide bonds. The summed E-state index contributed by atoms with van der Waals surface area (Å²) in [6.07, 6.45) is 3.18. The Bertz CT molecular complexity index is 800. The topological polar surface area (TPSA) is 64.9 Å². The average molecular weight is 287 g/mol. The second kappa shape index (κ2) is 4.97. The van der Waals surface area contributed by atoms with Gasteiger partial charge in [-0.3, -0.25) is 4.98 Å². The maximum absolute atomic E-state index is 14.0. The standard InChI is InChI=1S/C15H11F2N3O/c1-8-5-10(12(17)6-11(8)16)14-13(15(18)21-20-14)9-3-2-4-19-7-9/h2-7H,18H2,1H3. The summed E-state index contributed by atoms with van der Waals surface area (Å²) in [5, 5.41) is 3.80. The van der Waals surface area contributed by atoms with Gasteiger partial charge in [-0.25, -0.2) is 8.78 Å². The summed E-state index contributed by atoms with van der Waals surface area (Å²) in [6.45, 7) is 1.55. The first-order valence-electron chi connectivity index (χ1n) is 6.19. The van der Waals surface area contributed by atoms with Crippen LogP contribution in [-0.2, 0) is 0 Å². The Balaban J connectivity index is 2.24. The van der Waals surface area contributed by atoms with Crippen LogP contribution >= 0.6 is 0 Å². The van der Waals surface area contributed by atoms with Gasteiger partial charge in [-0.2, -0.15) is 0 Å². The fraction of sp³-hybridized carbons (Fsp3) is 0.0667. The number of hydrogen-bond acceptors (Lipinski definition) is 4. The molecule has 2 aromatic heterocycles. The van der Waals surface area contributed by atoms with E-state index in [1.165, 1.54) is 6.07 Å². The van der Waals surface area contributed by atoms with Crippen LogP contribution < -0.4 is 5.73 Å². The van der Waals surface area contributed by atoms with Crippen LogP contribution in [0.5, 0.6) is 0 Å². The van der Waals surface area contributed by atoms with Gasteiger partial charge in [0.05, 0.1) is 5.56 Å². The van der Waals surface area contributed by atoms with Crippen molar-refractivity contribution in [3.8, 4) is 22.4 Å². The molecule has 21 heavy (non-hydrogen) atoms. The molecule has 6 heteroatoms. The van der Waals surface area contributed by atoms with Gasteiger partial charge in [0.1, 0.15) is 17.3 Å². The molecule has 2 N–H and O–H groups in total. The lowest BCUT2D eigenvalue weighted by Gasteiger charge is -2.05. The maximum atomic E-state index is 14.0. The predicted octanol–water partition coefficient (Wildman–Crippen LogP) is 3.57. The van der Waals surface area contributed by atoms with Crippen molar-refractivity contribution in [3.05, 3.63) is 53.9 Å². The number of nitrogen functional groups attached to an aromatic ring is 1. The zero-order chi connectivity index (χ0) is 15.0. The van der Waals surface area contributed by atoms with Crippen LogP contribution in [-0.4, -0.2) is 10.1 Å². The number of aromatic nitrogens is 2. The van der Waals surface area contributed by atoms with Crippen LogP contribution in [0.3, 0.4) is 0 Å². The Morgan fingerprint density at radius 1 is 1.19 bits per heavy atom. The summed E-state index contributed by atoms with van der Waals surface area (Å²) in [5.74, 6) is -1.29. The highest BCUT2D eigenvalue weighted by atomic mass is 19.1. The van der Waals surface area contributed by atoms with Gasteiger partial charge >= 0.3 is 0 Å². The van der Waals surface area contributed by atoms with Crippen molar-refractivity contribution in [1.82, 2.24) is 10.1 Å². The van der Waals surface area contributed by atoms with Crippen LogP contribution in [0.25, 0.3) is 22.4 Å². The van der Waals surface area contributed by atoms with Crippen molar-refractivity contribution in [2.45, 2.75) is 6.92 Å². The van der Waals surface area contributed by atoms with E-state index in [0.717, 1.165) is 6.07 Å². The fourth-order valence-electron chi connectivity index (χ4n) is 2.11. The number of hydrogen-bond donors (Lipinski definition) is 1. The normalized spacial score (nSPS) is 10.8. The molecule has 0 spiro atoms. The molecule has 0 radical (unpaired) electrons. The van der Waals surface area contributed by atoms with E-state index in [-0.39, 0.29) is 17.1 Å². The number of halogens is 2. The molecule has 0 aliphatic heterocycles. The largest absolute Gasteiger partial charge is 0.367 e. The third kappa shape index (κ3) is 2.24. The Hall–Kier alpha value is -2.76. The summed E-state index contributed by atoms with van der Waals surface area (Å²) < 4.78 is 32.4. The summed E-state index contributed by atoms with van der Waals surface area (Å²) in [7, 11) is 0. The number of nitrogens with two attached hydrogens (primary N) is 1. The Morgan fingerprint density at radius 2 is 2.00 bits per heavy atom. The third-order valence-corrected chi connectivity index (χ3v) is 3.17. The van der Waals surface area contributed by atoms with Gasteiger partial charge in [0.25, 0.3) is 0 Å². The molecular formula is C15H11F2N3O. The van der Waals surface area contributed by atoms with Gasteiger partial charge in [0.15, 0.2) is 0 Å². The number of nitrogens with zero attached hydrogens (tertiary/aromatic N) is 2. The first-order valence-corrected chi connectivity index (χ1v) is 6.19. The summed E-state index contributed by atoms with van der Waals surface area (Å²) in [5.41, 5.74) is 7.53. The smallest absolute Gasteiger partial charge is 0.230 e. The van der Waals surface area contributed by atoms with E-state index in [1.54, 1.807) is 31.5 Å². The number of benzene rings is 1. The van der Waals surface area contributed by atoms with E-state index in [9.17, 15) is 8.78 Å². The van der Waals surface area contributed by atoms with E-state index < -0.39 is 11.6 Å². The Morgan fingerprint density at radius 3 is 2.71 bits per heavy atom. The van der Waals surface area contributed by atoms with Crippen LogP contribution in [0, 0.1) is 18.6 Å². The van der Waals surface area contributed by atoms with Crippen LogP contribution in [0.1, 0.15) is 5.56 Å². The van der Waals surface area contributed by atoms with Crippen molar-refractivity contribution in [2.75, 3.05) is 5.73 Å². The van der Waals surface area contributed by atoms with E-state index in [1.807, 2.05) is 0 Å². The van der Waals surface area contributed by atoms with Crippen molar-refractivity contribution >= 4 is 5.88 Å². The average Bonchev–Trinajstić information content (AvgIpc) is 2.85. The monoisotopic (exact) mass is 287 g/mol. The lowest BCUT2D eigenvalue weighted by Crippen LogP contribution is -1.93. The van der Waals surface area contributed by atoms with Crippen LogP contribution in [0.2, 0.25) is 0 Å². The van der Waals surface area contributed by atoms with Gasteiger partial charge in [-0.15, -0.1) is 0 Å². The highest BCUT2D eigenvalue weighted by Gasteiger charge is 2.21. The molecule has 106 valence electrons. The molecule has 0 unspecified atom stereocenters. The SMILES string of the molecule is Cc1cc(-c2noc(N)c2-c2cccnc2)c(F)cc1F. The van der Waals surface area contributed by atoms with E-state index in [0.29, 0.717) is 16.7 Å².